The molecule has 0 atom stereocenters. The summed E-state index contributed by atoms with van der Waals surface area (Å²) in [5.74, 6) is 3.94. The van der Waals surface area contributed by atoms with Crippen molar-refractivity contribution in [3.05, 3.63) is 42.7 Å². The first-order valence-corrected chi connectivity index (χ1v) is 7.55. The fraction of sp³-hybridized carbons (Fsp3) is 0.385. The second-order valence-electron chi connectivity index (χ2n) is 3.53. The Morgan fingerprint density at radius 2 is 1.61 bits per heavy atom. The number of phenolic OH excluding ortho intramolecular Hbond substituents is 1. The van der Waals surface area contributed by atoms with Crippen LogP contribution in [0.2, 0.25) is 0 Å². The second kappa shape index (κ2) is 8.82. The zero-order valence-electron chi connectivity index (χ0n) is 11.1. The number of benzene rings is 1. The van der Waals surface area contributed by atoms with Crippen molar-refractivity contribution >= 4 is 23.5 Å². The molecule has 1 aromatic carbocycles. The van der Waals surface area contributed by atoms with Crippen LogP contribution in [-0.2, 0) is 11.5 Å². The van der Waals surface area contributed by atoms with Gasteiger partial charge in [0.1, 0.15) is 5.75 Å². The Morgan fingerprint density at radius 3 is 2.17 bits per heavy atom. The molecule has 0 aliphatic heterocycles. The molecule has 0 radical (unpaired) electrons. The van der Waals surface area contributed by atoms with Crippen LogP contribution in [0.3, 0.4) is 0 Å². The van der Waals surface area contributed by atoms with E-state index in [1.807, 2.05) is 6.92 Å². The molecule has 0 fully saturated rings. The minimum absolute atomic E-state index is 0. The third-order valence-corrected chi connectivity index (χ3v) is 3.88. The van der Waals surface area contributed by atoms with Gasteiger partial charge in [0.05, 0.1) is 0 Å². The van der Waals surface area contributed by atoms with Crippen LogP contribution >= 0.6 is 23.5 Å². The van der Waals surface area contributed by atoms with Gasteiger partial charge in [0.25, 0.3) is 0 Å². The van der Waals surface area contributed by atoms with Crippen LogP contribution in [0.15, 0.2) is 12.1 Å². The molecule has 0 saturated heterocycles. The van der Waals surface area contributed by atoms with E-state index >= 15 is 0 Å². The smallest absolute Gasteiger partial charge is 0.122 e. The summed E-state index contributed by atoms with van der Waals surface area (Å²) in [7, 11) is 0. The van der Waals surface area contributed by atoms with Gasteiger partial charge in [-0.1, -0.05) is 12.1 Å². The molecule has 0 unspecified atom stereocenters. The number of rotatable bonds is 6. The summed E-state index contributed by atoms with van der Waals surface area (Å²) >= 11 is 3.52. The Balaban J connectivity index is 0. The van der Waals surface area contributed by atoms with Crippen LogP contribution in [0.5, 0.6) is 5.75 Å². The van der Waals surface area contributed by atoms with Gasteiger partial charge in [-0.05, 0) is 18.1 Å². The summed E-state index contributed by atoms with van der Waals surface area (Å²) in [4.78, 5) is 0. The van der Waals surface area contributed by atoms with Gasteiger partial charge in [-0.3, -0.25) is 0 Å². The van der Waals surface area contributed by atoms with E-state index in [1.165, 1.54) is 5.56 Å². The van der Waals surface area contributed by atoms with Gasteiger partial charge in [-0.2, -0.15) is 23.5 Å². The average molecular weight is 788 g/mol. The summed E-state index contributed by atoms with van der Waals surface area (Å²) < 4.78 is 0. The Labute approximate surface area is 107 Å². The molecule has 0 bridgehead atoms. The maximum Gasteiger partial charge on any atom is 0.122 e. The van der Waals surface area contributed by atoms with Crippen LogP contribution in [0, 0.1) is 20.8 Å². The van der Waals surface area contributed by atoms with E-state index in [9.17, 15) is 5.11 Å². The Bertz CT molecular complexity index is 346. The third kappa shape index (κ3) is 4.71. The predicted octanol–water partition coefficient (Wildman–Crippen LogP) is 3.84. The first-order chi connectivity index (χ1) is 7.69. The van der Waals surface area contributed by atoms with Gasteiger partial charge in [0.2, 0.25) is 0 Å². The van der Waals surface area contributed by atoms with Crippen molar-refractivity contribution in [1.82, 2.24) is 0 Å². The largest absolute Gasteiger partial charge is 0.507 e. The molecule has 0 saturated carbocycles. The maximum absolute atomic E-state index is 9.92. The van der Waals surface area contributed by atoms with Gasteiger partial charge in [0.15, 0.2) is 0 Å². The van der Waals surface area contributed by atoms with Crippen LogP contribution in [-0.4, -0.2) is 16.6 Å². The fourth-order valence-electron chi connectivity index (χ4n) is 1.50. The predicted molar refractivity (Wildman–Crippen MR) is 75.9 cm³/mol. The molecular formula is C13H18ORf2S2-2. The van der Waals surface area contributed by atoms with Crippen molar-refractivity contribution in [3.8, 4) is 5.75 Å². The monoisotopic (exact) mass is 788 g/mol. The van der Waals surface area contributed by atoms with Crippen molar-refractivity contribution in [2.75, 3.05) is 11.5 Å². The van der Waals surface area contributed by atoms with E-state index in [1.54, 1.807) is 23.5 Å². The molecule has 0 aliphatic carbocycles. The van der Waals surface area contributed by atoms with E-state index < -0.39 is 0 Å². The van der Waals surface area contributed by atoms with Crippen molar-refractivity contribution in [1.29, 1.82) is 0 Å². The zero-order valence-corrected chi connectivity index (χ0v) is 25.5. The molecule has 0 aliphatic rings. The molecule has 0 aromatic heterocycles. The third-order valence-electron chi connectivity index (χ3n) is 2.25. The van der Waals surface area contributed by atoms with E-state index in [0.717, 1.165) is 34.1 Å². The minimum atomic E-state index is 0. The molecule has 0 amide bonds. The number of aromatic hydroxyl groups is 1. The number of hydrogen-bond acceptors (Lipinski definition) is 3. The Hall–Kier alpha value is -2.28. The zero-order chi connectivity index (χ0) is 12.0. The Kier molecular flexibility index (Phi) is 8.87. The van der Waals surface area contributed by atoms with Gasteiger partial charge in [-0.15, -0.1) is 11.5 Å². The van der Waals surface area contributed by atoms with Crippen molar-refractivity contribution in [2.24, 2.45) is 0 Å². The SMILES string of the molecule is [CH2-]CSCc1cc(C)c(O)c(CSC[CH2-])c1.[Rf].[Rf]. The van der Waals surface area contributed by atoms with Gasteiger partial charge < -0.3 is 19.0 Å². The molecule has 18 heavy (non-hydrogen) atoms. The summed E-state index contributed by atoms with van der Waals surface area (Å²) in [5.41, 5.74) is 3.25. The maximum atomic E-state index is 9.92. The minimum Gasteiger partial charge on any atom is -0.507 e. The summed E-state index contributed by atoms with van der Waals surface area (Å²) in [6.45, 7) is 9.56. The molecule has 0 heterocycles. The van der Waals surface area contributed by atoms with Crippen LogP contribution in [0.25, 0.3) is 0 Å². The first-order valence-electron chi connectivity index (χ1n) is 5.24. The first kappa shape index (κ1) is 18.1. The van der Waals surface area contributed by atoms with Crippen LogP contribution in [0.4, 0.5) is 0 Å². The number of hydrogen-bond donors (Lipinski definition) is 1. The van der Waals surface area contributed by atoms with Crippen LogP contribution in [0.1, 0.15) is 16.7 Å². The van der Waals surface area contributed by atoms with Gasteiger partial charge >= 0.3 is 0 Å². The van der Waals surface area contributed by atoms with Crippen molar-refractivity contribution < 1.29 is 5.11 Å². The topological polar surface area (TPSA) is 20.2 Å². The molecule has 1 aromatic rings. The van der Waals surface area contributed by atoms with E-state index in [-0.39, 0.29) is 0 Å². The normalized spacial score (nSPS) is 9.50. The van der Waals surface area contributed by atoms with Crippen LogP contribution < -0.4 is 0 Å². The van der Waals surface area contributed by atoms with Crippen molar-refractivity contribution in [3.63, 3.8) is 0 Å². The summed E-state index contributed by atoms with van der Waals surface area (Å²) in [6, 6.07) is 4.14. The van der Waals surface area contributed by atoms with E-state index in [4.69, 9.17) is 0 Å². The molecule has 1 N–H and O–H groups in total. The fourth-order valence-corrected chi connectivity index (χ4v) is 2.63. The number of phenols is 1. The summed E-state index contributed by atoms with van der Waals surface area (Å²) in [6.07, 6.45) is 0. The van der Waals surface area contributed by atoms with Gasteiger partial charge in [-0.25, -0.2) is 0 Å². The average Bonchev–Trinajstić information content (AvgIpc) is 2.28. The molecular weight excluding hydrogens is 770 g/mol. The van der Waals surface area contributed by atoms with E-state index in [2.05, 4.69) is 26.0 Å². The molecule has 94 valence electrons. The number of thioether (sulfide) groups is 2. The van der Waals surface area contributed by atoms with Crippen molar-refractivity contribution in [2.45, 2.75) is 18.4 Å². The standard InChI is InChI=1S/C13H18OS2.2Rf/c1-4-15-8-11-6-10(3)13(14)12(7-11)9-16-5-2;;/h6-7,14H,1-2,4-5,8-9H2,3H3;;/q-2;;. The van der Waals surface area contributed by atoms with E-state index in [0.29, 0.717) is 5.75 Å². The summed E-state index contributed by atoms with van der Waals surface area (Å²) in [5, 5.41) is 9.92. The number of aryl methyl sites for hydroxylation is 1. The van der Waals surface area contributed by atoms with Gasteiger partial charge in [0, 0.05) is 17.1 Å². The Morgan fingerprint density at radius 1 is 1.06 bits per heavy atom. The molecule has 0 spiro atoms. The molecule has 1 nitrogen and oxygen atoms in total. The quantitative estimate of drug-likeness (QED) is 0.444. The molecule has 5 heteroatoms. The second-order valence-corrected chi connectivity index (χ2v) is 5.74. The molecule has 1 rings (SSSR count).